The number of aryl methyl sites for hydroxylation is 1. The molecule has 1 aromatic heterocycles. The first-order valence-corrected chi connectivity index (χ1v) is 8.62. The normalized spacial score (nSPS) is 11.9. The lowest BCUT2D eigenvalue weighted by Crippen LogP contribution is -2.41. The molecule has 5 heteroatoms. The summed E-state index contributed by atoms with van der Waals surface area (Å²) in [5, 5.41) is 0. The summed E-state index contributed by atoms with van der Waals surface area (Å²) in [4.78, 5) is 25.0. The van der Waals surface area contributed by atoms with Crippen molar-refractivity contribution in [1.29, 1.82) is 0 Å². The zero-order chi connectivity index (χ0) is 18.5. The Kier molecular flexibility index (Phi) is 5.37. The van der Waals surface area contributed by atoms with Gasteiger partial charge in [0.05, 0.1) is 12.6 Å². The van der Waals surface area contributed by atoms with Gasteiger partial charge in [-0.1, -0.05) is 48.0 Å². The number of hydrogen-bond acceptors (Lipinski definition) is 3. The molecular weight excluding hydrogens is 328 g/mol. The van der Waals surface area contributed by atoms with E-state index in [4.69, 9.17) is 4.74 Å². The fourth-order valence-electron chi connectivity index (χ4n) is 2.83. The molecule has 3 rings (SSSR count). The average molecular weight is 350 g/mol. The van der Waals surface area contributed by atoms with Crippen molar-refractivity contribution in [3.8, 4) is 5.75 Å². The molecule has 1 atom stereocenters. The van der Waals surface area contributed by atoms with Crippen LogP contribution in [0, 0.1) is 6.92 Å². The Morgan fingerprint density at radius 1 is 0.962 bits per heavy atom. The van der Waals surface area contributed by atoms with E-state index >= 15 is 0 Å². The third-order valence-corrected chi connectivity index (χ3v) is 4.38. The highest BCUT2D eigenvalue weighted by molar-refractivity contribution is 5.26. The molecule has 0 radical (unpaired) electrons. The Morgan fingerprint density at radius 3 is 2.35 bits per heavy atom. The van der Waals surface area contributed by atoms with Crippen molar-refractivity contribution in [2.24, 2.45) is 0 Å². The third kappa shape index (κ3) is 3.94. The highest BCUT2D eigenvalue weighted by Crippen LogP contribution is 2.13. The molecule has 0 fully saturated rings. The second kappa shape index (κ2) is 7.87. The van der Waals surface area contributed by atoms with E-state index in [1.807, 2.05) is 68.4 Å². The summed E-state index contributed by atoms with van der Waals surface area (Å²) in [6.07, 6.45) is 1.53. The molecule has 1 unspecified atom stereocenters. The molecular formula is C21H22N2O3. The van der Waals surface area contributed by atoms with Gasteiger partial charge in [-0.3, -0.25) is 13.9 Å². The molecule has 134 valence electrons. The second-order valence-corrected chi connectivity index (χ2v) is 6.25. The fraction of sp³-hybridized carbons (Fsp3) is 0.238. The molecule has 3 aromatic rings. The SMILES string of the molecule is Cc1ccc(OCCn2ccc(=O)n(C(C)c3ccccc3)c2=O)cc1. The maximum atomic E-state index is 12.8. The lowest BCUT2D eigenvalue weighted by Gasteiger charge is -2.16. The molecule has 0 bridgehead atoms. The molecule has 0 aliphatic rings. The molecule has 0 aliphatic heterocycles. The minimum atomic E-state index is -0.332. The van der Waals surface area contributed by atoms with Crippen LogP contribution in [0.25, 0.3) is 0 Å². The van der Waals surface area contributed by atoms with Crippen LogP contribution < -0.4 is 16.0 Å². The number of nitrogens with zero attached hydrogens (tertiary/aromatic N) is 2. The van der Waals surface area contributed by atoms with Gasteiger partial charge in [-0.2, -0.15) is 0 Å². The van der Waals surface area contributed by atoms with Crippen LogP contribution in [0.1, 0.15) is 24.1 Å². The van der Waals surface area contributed by atoms with Crippen LogP contribution in [0.4, 0.5) is 0 Å². The van der Waals surface area contributed by atoms with Gasteiger partial charge in [0.2, 0.25) is 0 Å². The summed E-state index contributed by atoms with van der Waals surface area (Å²) in [6, 6.07) is 18.4. The number of rotatable bonds is 6. The fourth-order valence-corrected chi connectivity index (χ4v) is 2.83. The van der Waals surface area contributed by atoms with Gasteiger partial charge >= 0.3 is 5.69 Å². The Bertz CT molecular complexity index is 973. The molecule has 0 saturated carbocycles. The predicted molar refractivity (Wildman–Crippen MR) is 102 cm³/mol. The Morgan fingerprint density at radius 2 is 1.65 bits per heavy atom. The summed E-state index contributed by atoms with van der Waals surface area (Å²) in [5.41, 5.74) is 1.44. The van der Waals surface area contributed by atoms with Gasteiger partial charge in [0.25, 0.3) is 5.56 Å². The predicted octanol–water partition coefficient (Wildman–Crippen LogP) is 3.01. The van der Waals surface area contributed by atoms with Crippen LogP contribution >= 0.6 is 0 Å². The van der Waals surface area contributed by atoms with Gasteiger partial charge in [0.1, 0.15) is 12.4 Å². The second-order valence-electron chi connectivity index (χ2n) is 6.25. The summed E-state index contributed by atoms with van der Waals surface area (Å²) >= 11 is 0. The van der Waals surface area contributed by atoms with Crippen LogP contribution in [0.5, 0.6) is 5.75 Å². The van der Waals surface area contributed by atoms with Crippen molar-refractivity contribution in [1.82, 2.24) is 9.13 Å². The first-order chi connectivity index (χ1) is 12.6. The largest absolute Gasteiger partial charge is 0.492 e. The van der Waals surface area contributed by atoms with E-state index < -0.39 is 0 Å². The summed E-state index contributed by atoms with van der Waals surface area (Å²) in [6.45, 7) is 4.58. The van der Waals surface area contributed by atoms with Gasteiger partial charge in [0, 0.05) is 12.3 Å². The van der Waals surface area contributed by atoms with E-state index in [9.17, 15) is 9.59 Å². The molecule has 0 amide bonds. The van der Waals surface area contributed by atoms with Gasteiger partial charge in [-0.05, 0) is 31.5 Å². The standard InChI is InChI=1S/C21H22N2O3/c1-16-8-10-19(11-9-16)26-15-14-22-13-12-20(24)23(21(22)25)17(2)18-6-4-3-5-7-18/h3-13,17H,14-15H2,1-2H3. The highest BCUT2D eigenvalue weighted by atomic mass is 16.5. The third-order valence-electron chi connectivity index (χ3n) is 4.38. The van der Waals surface area contributed by atoms with Gasteiger partial charge in [-0.25, -0.2) is 4.79 Å². The Balaban J connectivity index is 1.78. The zero-order valence-corrected chi connectivity index (χ0v) is 15.0. The maximum absolute atomic E-state index is 12.8. The summed E-state index contributed by atoms with van der Waals surface area (Å²) < 4.78 is 8.48. The van der Waals surface area contributed by atoms with E-state index in [0.29, 0.717) is 13.2 Å². The van der Waals surface area contributed by atoms with Gasteiger partial charge in [-0.15, -0.1) is 0 Å². The van der Waals surface area contributed by atoms with E-state index in [0.717, 1.165) is 16.9 Å². The smallest absolute Gasteiger partial charge is 0.331 e. The molecule has 0 N–H and O–H groups in total. The van der Waals surface area contributed by atoms with Crippen molar-refractivity contribution in [3.63, 3.8) is 0 Å². The topological polar surface area (TPSA) is 53.2 Å². The summed E-state index contributed by atoms with van der Waals surface area (Å²) in [5.74, 6) is 0.759. The zero-order valence-electron chi connectivity index (χ0n) is 15.0. The Labute approximate surface area is 152 Å². The van der Waals surface area contributed by atoms with Crippen molar-refractivity contribution in [3.05, 3.63) is 98.8 Å². The first-order valence-electron chi connectivity index (χ1n) is 8.62. The molecule has 2 aromatic carbocycles. The van der Waals surface area contributed by atoms with E-state index in [1.165, 1.54) is 21.4 Å². The van der Waals surface area contributed by atoms with E-state index in [2.05, 4.69) is 0 Å². The lowest BCUT2D eigenvalue weighted by atomic mass is 10.1. The van der Waals surface area contributed by atoms with Crippen LogP contribution in [0.15, 0.2) is 76.4 Å². The van der Waals surface area contributed by atoms with Crippen LogP contribution in [-0.2, 0) is 6.54 Å². The van der Waals surface area contributed by atoms with Gasteiger partial charge < -0.3 is 4.74 Å². The van der Waals surface area contributed by atoms with Crippen LogP contribution in [0.2, 0.25) is 0 Å². The Hall–Kier alpha value is -3.08. The minimum Gasteiger partial charge on any atom is -0.492 e. The number of ether oxygens (including phenoxy) is 1. The van der Waals surface area contributed by atoms with Crippen LogP contribution in [-0.4, -0.2) is 15.7 Å². The molecule has 5 nitrogen and oxygen atoms in total. The van der Waals surface area contributed by atoms with Crippen LogP contribution in [0.3, 0.4) is 0 Å². The van der Waals surface area contributed by atoms with Gasteiger partial charge in [0.15, 0.2) is 0 Å². The molecule has 0 saturated heterocycles. The van der Waals surface area contributed by atoms with E-state index in [-0.39, 0.29) is 17.3 Å². The monoisotopic (exact) mass is 350 g/mol. The van der Waals surface area contributed by atoms with Crippen molar-refractivity contribution >= 4 is 0 Å². The minimum absolute atomic E-state index is 0.304. The number of aromatic nitrogens is 2. The average Bonchev–Trinajstić information content (AvgIpc) is 2.66. The molecule has 0 spiro atoms. The summed E-state index contributed by atoms with van der Waals surface area (Å²) in [7, 11) is 0. The molecule has 1 heterocycles. The lowest BCUT2D eigenvalue weighted by molar-refractivity contribution is 0.292. The first kappa shape index (κ1) is 17.7. The molecule has 0 aliphatic carbocycles. The highest BCUT2D eigenvalue weighted by Gasteiger charge is 2.14. The van der Waals surface area contributed by atoms with Crippen molar-refractivity contribution in [2.45, 2.75) is 26.4 Å². The van der Waals surface area contributed by atoms with Crippen molar-refractivity contribution in [2.75, 3.05) is 6.61 Å². The van der Waals surface area contributed by atoms with Crippen molar-refractivity contribution < 1.29 is 4.74 Å². The number of hydrogen-bond donors (Lipinski definition) is 0. The quantitative estimate of drug-likeness (QED) is 0.687. The number of benzene rings is 2. The van der Waals surface area contributed by atoms with E-state index in [1.54, 1.807) is 0 Å². The maximum Gasteiger partial charge on any atom is 0.331 e. The molecule has 26 heavy (non-hydrogen) atoms.